The molecule has 0 aliphatic carbocycles. The molecular weight excluding hydrogens is 267 g/mol. The van der Waals surface area contributed by atoms with E-state index in [1.54, 1.807) is 30.3 Å². The Bertz CT molecular complexity index is 446. The van der Waals surface area contributed by atoms with E-state index >= 15 is 0 Å². The van der Waals surface area contributed by atoms with Crippen molar-refractivity contribution in [2.45, 2.75) is 38.5 Å². The highest BCUT2D eigenvalue weighted by atomic mass is 31.2. The Morgan fingerprint density at radius 1 is 1.37 bits per heavy atom. The zero-order valence-corrected chi connectivity index (χ0v) is 11.8. The average molecular weight is 286 g/mol. The number of aliphatic carboxylic acids is 1. The number of hydrogen-bond acceptors (Lipinski definition) is 3. The van der Waals surface area contributed by atoms with Gasteiger partial charge in [0.1, 0.15) is 0 Å². The number of benzene rings is 1. The van der Waals surface area contributed by atoms with Crippen LogP contribution >= 0.6 is 7.60 Å². The van der Waals surface area contributed by atoms with Crippen LogP contribution in [0.15, 0.2) is 30.3 Å². The second-order valence-corrected chi connectivity index (χ2v) is 6.16. The SMILES string of the molecule is CCCCC(OP(=O)(O)Cc1ccccc1)C(=O)O. The molecule has 0 radical (unpaired) electrons. The van der Waals surface area contributed by atoms with Gasteiger partial charge in [0.2, 0.25) is 0 Å². The summed E-state index contributed by atoms with van der Waals surface area (Å²) in [5, 5.41) is 8.97. The van der Waals surface area contributed by atoms with E-state index in [0.29, 0.717) is 12.0 Å². The number of carbonyl (C=O) groups is 1. The van der Waals surface area contributed by atoms with Crippen molar-refractivity contribution >= 4 is 13.6 Å². The molecule has 0 aliphatic rings. The van der Waals surface area contributed by atoms with Gasteiger partial charge in [-0.3, -0.25) is 9.09 Å². The third kappa shape index (κ3) is 6.01. The average Bonchev–Trinajstić information content (AvgIpc) is 2.34. The first kappa shape index (κ1) is 15.9. The number of carboxylic acid groups (broad SMARTS) is 1. The van der Waals surface area contributed by atoms with E-state index in [1.165, 1.54) is 0 Å². The molecule has 2 unspecified atom stereocenters. The summed E-state index contributed by atoms with van der Waals surface area (Å²) in [7, 11) is -3.95. The van der Waals surface area contributed by atoms with Crippen molar-refractivity contribution in [3.8, 4) is 0 Å². The first-order valence-electron chi connectivity index (χ1n) is 6.21. The highest BCUT2D eigenvalue weighted by Gasteiger charge is 2.29. The highest BCUT2D eigenvalue weighted by Crippen LogP contribution is 2.47. The van der Waals surface area contributed by atoms with Gasteiger partial charge in [0.25, 0.3) is 0 Å². The normalized spacial score (nSPS) is 15.7. The smallest absolute Gasteiger partial charge is 0.333 e. The van der Waals surface area contributed by atoms with Crippen molar-refractivity contribution in [3.63, 3.8) is 0 Å². The van der Waals surface area contributed by atoms with Gasteiger partial charge in [-0.2, -0.15) is 0 Å². The topological polar surface area (TPSA) is 83.8 Å². The third-order valence-electron chi connectivity index (χ3n) is 2.61. The Labute approximate surface area is 112 Å². The number of carboxylic acids is 1. The molecule has 2 atom stereocenters. The van der Waals surface area contributed by atoms with E-state index in [9.17, 15) is 14.3 Å². The summed E-state index contributed by atoms with van der Waals surface area (Å²) < 4.78 is 16.8. The molecule has 0 bridgehead atoms. The van der Waals surface area contributed by atoms with Gasteiger partial charge >= 0.3 is 13.6 Å². The third-order valence-corrected chi connectivity index (χ3v) is 3.96. The Kier molecular flexibility index (Phi) is 6.22. The molecule has 0 spiro atoms. The summed E-state index contributed by atoms with van der Waals surface area (Å²) in [4.78, 5) is 20.7. The van der Waals surface area contributed by atoms with Crippen LogP contribution in [0, 0.1) is 0 Å². The molecule has 0 saturated heterocycles. The van der Waals surface area contributed by atoms with Gasteiger partial charge in [0, 0.05) is 0 Å². The Balaban J connectivity index is 2.65. The zero-order chi connectivity index (χ0) is 14.3. The largest absolute Gasteiger partial charge is 0.479 e. The lowest BCUT2D eigenvalue weighted by Crippen LogP contribution is -2.23. The van der Waals surface area contributed by atoms with Crippen molar-refractivity contribution in [2.24, 2.45) is 0 Å². The fraction of sp³-hybridized carbons (Fsp3) is 0.462. The van der Waals surface area contributed by atoms with Gasteiger partial charge in [-0.15, -0.1) is 0 Å². The maximum absolute atomic E-state index is 11.9. The lowest BCUT2D eigenvalue weighted by atomic mass is 10.2. The van der Waals surface area contributed by atoms with Crippen LogP contribution < -0.4 is 0 Å². The standard InChI is InChI=1S/C13H19O5P/c1-2-3-9-12(13(14)15)18-19(16,17)10-11-7-5-4-6-8-11/h4-8,12H,2-3,9-10H2,1H3,(H,14,15)(H,16,17). The molecule has 0 amide bonds. The molecule has 0 aliphatic heterocycles. The van der Waals surface area contributed by atoms with Gasteiger partial charge < -0.3 is 10.00 Å². The molecule has 6 heteroatoms. The molecule has 0 saturated carbocycles. The van der Waals surface area contributed by atoms with Crippen LogP contribution in [0.25, 0.3) is 0 Å². The first-order chi connectivity index (χ1) is 8.94. The van der Waals surface area contributed by atoms with Gasteiger partial charge in [-0.1, -0.05) is 50.1 Å². The van der Waals surface area contributed by atoms with Crippen LogP contribution in [-0.2, 0) is 20.0 Å². The highest BCUT2D eigenvalue weighted by molar-refractivity contribution is 7.52. The number of rotatable bonds is 8. The van der Waals surface area contributed by atoms with E-state index in [4.69, 9.17) is 9.63 Å². The fourth-order valence-electron chi connectivity index (χ4n) is 1.66. The quantitative estimate of drug-likeness (QED) is 0.718. The lowest BCUT2D eigenvalue weighted by Gasteiger charge is -2.18. The Morgan fingerprint density at radius 3 is 2.53 bits per heavy atom. The van der Waals surface area contributed by atoms with Crippen molar-refractivity contribution in [1.82, 2.24) is 0 Å². The molecule has 2 N–H and O–H groups in total. The first-order valence-corrected chi connectivity index (χ1v) is 7.98. The predicted octanol–water partition coefficient (Wildman–Crippen LogP) is 3.03. The van der Waals surface area contributed by atoms with Crippen LogP contribution in [0.2, 0.25) is 0 Å². The summed E-state index contributed by atoms with van der Waals surface area (Å²) >= 11 is 0. The van der Waals surface area contributed by atoms with Crippen molar-refractivity contribution in [3.05, 3.63) is 35.9 Å². The molecule has 1 aromatic carbocycles. The van der Waals surface area contributed by atoms with E-state index in [2.05, 4.69) is 0 Å². The minimum absolute atomic E-state index is 0.177. The van der Waals surface area contributed by atoms with Gasteiger partial charge in [0.05, 0.1) is 6.16 Å². The van der Waals surface area contributed by atoms with E-state index in [1.807, 2.05) is 6.92 Å². The van der Waals surface area contributed by atoms with Gasteiger partial charge in [-0.25, -0.2) is 4.79 Å². The van der Waals surface area contributed by atoms with Crippen LogP contribution in [-0.4, -0.2) is 22.1 Å². The molecule has 0 fully saturated rings. The molecule has 106 valence electrons. The Hall–Kier alpha value is -1.16. The summed E-state index contributed by atoms with van der Waals surface area (Å²) in [5.41, 5.74) is 0.646. The maximum Gasteiger partial charge on any atom is 0.333 e. The van der Waals surface area contributed by atoms with Gasteiger partial charge in [-0.05, 0) is 12.0 Å². The molecule has 1 rings (SSSR count). The monoisotopic (exact) mass is 286 g/mol. The predicted molar refractivity (Wildman–Crippen MR) is 72.0 cm³/mol. The summed E-state index contributed by atoms with van der Waals surface area (Å²) in [6, 6.07) is 8.71. The van der Waals surface area contributed by atoms with Crippen LogP contribution in [0.3, 0.4) is 0 Å². The zero-order valence-electron chi connectivity index (χ0n) is 10.9. The lowest BCUT2D eigenvalue weighted by molar-refractivity contribution is -0.145. The molecule has 1 aromatic rings. The van der Waals surface area contributed by atoms with Crippen LogP contribution in [0.1, 0.15) is 31.7 Å². The summed E-state index contributed by atoms with van der Waals surface area (Å²) in [5.74, 6) is -1.20. The minimum atomic E-state index is -3.95. The Morgan fingerprint density at radius 2 is 2.00 bits per heavy atom. The number of hydrogen-bond donors (Lipinski definition) is 2. The molecule has 19 heavy (non-hydrogen) atoms. The van der Waals surface area contributed by atoms with Crippen LogP contribution in [0.5, 0.6) is 0 Å². The van der Waals surface area contributed by atoms with Crippen LogP contribution in [0.4, 0.5) is 0 Å². The minimum Gasteiger partial charge on any atom is -0.479 e. The second-order valence-electron chi connectivity index (χ2n) is 4.36. The van der Waals surface area contributed by atoms with E-state index < -0.39 is 19.7 Å². The van der Waals surface area contributed by atoms with E-state index in [-0.39, 0.29) is 12.6 Å². The molecule has 0 aromatic heterocycles. The maximum atomic E-state index is 11.9. The molecule has 0 heterocycles. The van der Waals surface area contributed by atoms with Gasteiger partial charge in [0.15, 0.2) is 6.10 Å². The van der Waals surface area contributed by atoms with Crippen molar-refractivity contribution < 1.29 is 23.9 Å². The van der Waals surface area contributed by atoms with Crippen molar-refractivity contribution in [2.75, 3.05) is 0 Å². The van der Waals surface area contributed by atoms with Crippen molar-refractivity contribution in [1.29, 1.82) is 0 Å². The van der Waals surface area contributed by atoms with E-state index in [0.717, 1.165) is 6.42 Å². The fourth-order valence-corrected chi connectivity index (χ4v) is 3.00. The summed E-state index contributed by atoms with van der Waals surface area (Å²) in [6.45, 7) is 1.92. The molecule has 5 nitrogen and oxygen atoms in total. The number of unbranched alkanes of at least 4 members (excludes halogenated alkanes) is 1. The molecular formula is C13H19O5P. The second kappa shape index (κ2) is 7.43. The summed E-state index contributed by atoms with van der Waals surface area (Å²) in [6.07, 6.45) is 0.290.